The summed E-state index contributed by atoms with van der Waals surface area (Å²) >= 11 is 6.22. The average Bonchev–Trinajstić information content (AvgIpc) is 2.76. The van der Waals surface area contributed by atoms with Crippen LogP contribution in [0.3, 0.4) is 0 Å². The van der Waals surface area contributed by atoms with Crippen LogP contribution < -0.4 is 11.2 Å². The number of urea groups is 2. The van der Waals surface area contributed by atoms with E-state index >= 15 is 0 Å². The number of benzene rings is 2. The molecule has 3 N–H and O–H groups in total. The normalized spacial score (nSPS) is 16.5. The lowest BCUT2D eigenvalue weighted by Crippen LogP contribution is -2.70. The van der Waals surface area contributed by atoms with Gasteiger partial charge in [0.2, 0.25) is 6.29 Å². The van der Waals surface area contributed by atoms with Crippen molar-refractivity contribution in [1.29, 1.82) is 0 Å². The van der Waals surface area contributed by atoms with Crippen molar-refractivity contribution in [2.24, 2.45) is 11.0 Å². The standard InChI is InChI=1S/C20H21ClN6O4/c1-13-6-8-14(9-7-13)12-26-18(23-16-5-3-2-4-15(16)21)27(22)20(30)25(19(26)29)11-10-17(28)24-31/h2-9,18,23H,10-12,22H2,1H3. The highest BCUT2D eigenvalue weighted by Gasteiger charge is 2.43. The van der Waals surface area contributed by atoms with Gasteiger partial charge in [0.25, 0.3) is 5.91 Å². The third-order valence-corrected chi connectivity index (χ3v) is 5.10. The first-order chi connectivity index (χ1) is 14.8. The maximum atomic E-state index is 13.2. The molecule has 3 rings (SSSR count). The number of halogens is 1. The Morgan fingerprint density at radius 3 is 2.45 bits per heavy atom. The zero-order chi connectivity index (χ0) is 22.5. The zero-order valence-electron chi connectivity index (χ0n) is 16.7. The van der Waals surface area contributed by atoms with Gasteiger partial charge in [0, 0.05) is 11.7 Å². The number of nitroso groups, excluding NO2 is 1. The highest BCUT2D eigenvalue weighted by atomic mass is 35.5. The predicted molar refractivity (Wildman–Crippen MR) is 115 cm³/mol. The number of aryl methyl sites for hydroxylation is 1. The van der Waals surface area contributed by atoms with Crippen molar-refractivity contribution >= 4 is 35.3 Å². The van der Waals surface area contributed by atoms with Gasteiger partial charge in [-0.15, -0.1) is 4.91 Å². The van der Waals surface area contributed by atoms with Crippen LogP contribution in [0, 0.1) is 11.8 Å². The molecule has 1 atom stereocenters. The lowest BCUT2D eigenvalue weighted by atomic mass is 10.1. The van der Waals surface area contributed by atoms with Crippen molar-refractivity contribution in [3.05, 3.63) is 69.6 Å². The van der Waals surface area contributed by atoms with Gasteiger partial charge >= 0.3 is 12.1 Å². The van der Waals surface area contributed by atoms with Crippen LogP contribution in [0.4, 0.5) is 15.3 Å². The molecular formula is C20H21ClN6O4. The molecule has 10 nitrogen and oxygen atoms in total. The van der Waals surface area contributed by atoms with Crippen LogP contribution in [0.25, 0.3) is 0 Å². The van der Waals surface area contributed by atoms with E-state index in [0.717, 1.165) is 21.0 Å². The minimum atomic E-state index is -1.04. The lowest BCUT2D eigenvalue weighted by molar-refractivity contribution is -0.118. The fraction of sp³-hybridized carbons (Fsp3) is 0.250. The molecule has 0 aromatic heterocycles. The first kappa shape index (κ1) is 22.2. The average molecular weight is 445 g/mol. The van der Waals surface area contributed by atoms with Gasteiger partial charge in [-0.3, -0.25) is 9.69 Å². The van der Waals surface area contributed by atoms with Crippen molar-refractivity contribution < 1.29 is 14.4 Å². The predicted octanol–water partition coefficient (Wildman–Crippen LogP) is 3.26. The van der Waals surface area contributed by atoms with E-state index in [-0.39, 0.29) is 13.1 Å². The van der Waals surface area contributed by atoms with E-state index in [1.165, 1.54) is 4.90 Å². The summed E-state index contributed by atoms with van der Waals surface area (Å²) in [5.41, 5.74) is 2.34. The monoisotopic (exact) mass is 444 g/mol. The van der Waals surface area contributed by atoms with Gasteiger partial charge in [-0.25, -0.2) is 25.3 Å². The summed E-state index contributed by atoms with van der Waals surface area (Å²) in [6.45, 7) is 1.75. The molecule has 1 heterocycles. The number of rotatable bonds is 7. The first-order valence-electron chi connectivity index (χ1n) is 9.40. The van der Waals surface area contributed by atoms with Gasteiger partial charge in [-0.05, 0) is 24.6 Å². The molecule has 0 radical (unpaired) electrons. The van der Waals surface area contributed by atoms with Crippen LogP contribution in [0.1, 0.15) is 17.5 Å². The Hall–Kier alpha value is -3.50. The van der Waals surface area contributed by atoms with Crippen molar-refractivity contribution in [1.82, 2.24) is 14.8 Å². The molecule has 0 saturated carbocycles. The van der Waals surface area contributed by atoms with E-state index in [2.05, 4.69) is 10.5 Å². The third-order valence-electron chi connectivity index (χ3n) is 4.77. The maximum Gasteiger partial charge on any atom is 0.345 e. The number of hydrogen-bond donors (Lipinski definition) is 2. The summed E-state index contributed by atoms with van der Waals surface area (Å²) in [6, 6.07) is 12.9. The smallest absolute Gasteiger partial charge is 0.345 e. The zero-order valence-corrected chi connectivity index (χ0v) is 17.5. The van der Waals surface area contributed by atoms with Gasteiger partial charge in [0.15, 0.2) is 0 Å². The van der Waals surface area contributed by atoms with E-state index in [4.69, 9.17) is 17.4 Å². The Balaban J connectivity index is 1.92. The highest BCUT2D eigenvalue weighted by Crippen LogP contribution is 2.26. The second-order valence-corrected chi connectivity index (χ2v) is 7.38. The largest absolute Gasteiger partial charge is 0.346 e. The SMILES string of the molecule is Cc1ccc(CN2C(=O)N(CCC(=O)N=O)C(=O)N(N)C2Nc2ccccc2Cl)cc1. The summed E-state index contributed by atoms with van der Waals surface area (Å²) in [4.78, 5) is 49.7. The van der Waals surface area contributed by atoms with Crippen molar-refractivity contribution in [2.45, 2.75) is 26.2 Å². The first-order valence-corrected chi connectivity index (χ1v) is 9.78. The van der Waals surface area contributed by atoms with E-state index in [0.29, 0.717) is 10.7 Å². The molecule has 1 fully saturated rings. The fourth-order valence-corrected chi connectivity index (χ4v) is 3.28. The summed E-state index contributed by atoms with van der Waals surface area (Å²) in [5.74, 6) is 5.09. The molecule has 0 spiro atoms. The maximum absolute atomic E-state index is 13.2. The summed E-state index contributed by atoms with van der Waals surface area (Å²) in [6.07, 6.45) is -1.44. The minimum Gasteiger partial charge on any atom is -0.346 e. The molecule has 31 heavy (non-hydrogen) atoms. The molecular weight excluding hydrogens is 424 g/mol. The second kappa shape index (κ2) is 9.54. The Bertz CT molecular complexity index is 999. The molecule has 1 saturated heterocycles. The number of nitrogens with one attached hydrogen (secondary N) is 1. The van der Waals surface area contributed by atoms with E-state index in [1.807, 2.05) is 31.2 Å². The third kappa shape index (κ3) is 4.98. The van der Waals surface area contributed by atoms with E-state index in [9.17, 15) is 19.3 Å². The van der Waals surface area contributed by atoms with Crippen molar-refractivity contribution in [3.8, 4) is 0 Å². The van der Waals surface area contributed by atoms with Crippen LogP contribution in [-0.2, 0) is 11.3 Å². The molecule has 0 aliphatic carbocycles. The lowest BCUT2D eigenvalue weighted by Gasteiger charge is -2.45. The number of hydrazine groups is 1. The number of amides is 5. The molecule has 162 valence electrons. The molecule has 11 heteroatoms. The molecule has 2 aromatic rings. The number of imide groups is 1. The Kier molecular flexibility index (Phi) is 6.83. The Morgan fingerprint density at radius 2 is 1.81 bits per heavy atom. The van der Waals surface area contributed by atoms with Crippen LogP contribution in [0.5, 0.6) is 0 Å². The molecule has 2 aromatic carbocycles. The number of anilines is 1. The second-order valence-electron chi connectivity index (χ2n) is 6.97. The number of carbonyl (C=O) groups is 3. The Labute approximate surface area is 183 Å². The molecule has 5 amide bonds. The van der Waals surface area contributed by atoms with Gasteiger partial charge < -0.3 is 5.32 Å². The van der Waals surface area contributed by atoms with Crippen molar-refractivity contribution in [3.63, 3.8) is 0 Å². The van der Waals surface area contributed by atoms with E-state index < -0.39 is 30.7 Å². The van der Waals surface area contributed by atoms with Gasteiger partial charge in [-0.2, -0.15) is 0 Å². The van der Waals surface area contributed by atoms with Crippen molar-refractivity contribution in [2.75, 3.05) is 11.9 Å². The topological polar surface area (TPSA) is 128 Å². The highest BCUT2D eigenvalue weighted by molar-refractivity contribution is 6.33. The van der Waals surface area contributed by atoms with Crippen LogP contribution in [0.2, 0.25) is 5.02 Å². The van der Waals surface area contributed by atoms with E-state index in [1.54, 1.807) is 24.3 Å². The minimum absolute atomic E-state index is 0.124. The van der Waals surface area contributed by atoms with Gasteiger partial charge in [0.05, 0.1) is 23.7 Å². The molecule has 1 aliphatic rings. The Morgan fingerprint density at radius 1 is 1.13 bits per heavy atom. The number of carbonyl (C=O) groups excluding carboxylic acids is 3. The fourth-order valence-electron chi connectivity index (χ4n) is 3.09. The van der Waals surface area contributed by atoms with Crippen LogP contribution >= 0.6 is 11.6 Å². The quantitative estimate of drug-likeness (QED) is 0.383. The summed E-state index contributed by atoms with van der Waals surface area (Å²) in [7, 11) is 0. The summed E-state index contributed by atoms with van der Waals surface area (Å²) in [5, 5.41) is 6.55. The number of para-hydroxylation sites is 1. The molecule has 1 aliphatic heterocycles. The van der Waals surface area contributed by atoms with Crippen LogP contribution in [0.15, 0.2) is 53.7 Å². The molecule has 1 unspecified atom stereocenters. The number of nitrogens with two attached hydrogens (primary N) is 1. The number of nitrogens with zero attached hydrogens (tertiary/aromatic N) is 4. The van der Waals surface area contributed by atoms with Gasteiger partial charge in [0.1, 0.15) is 0 Å². The molecule has 0 bridgehead atoms. The van der Waals surface area contributed by atoms with Crippen LogP contribution in [-0.4, -0.2) is 45.6 Å². The van der Waals surface area contributed by atoms with Gasteiger partial charge in [-0.1, -0.05) is 53.6 Å². The number of hydrogen-bond acceptors (Lipinski definition) is 6. The summed E-state index contributed by atoms with van der Waals surface area (Å²) < 4.78 is 0.